The molecule has 8 nitrogen and oxygen atoms in total. The quantitative estimate of drug-likeness (QED) is 0.423. The van der Waals surface area contributed by atoms with Gasteiger partial charge < -0.3 is 9.30 Å². The molecule has 2 atom stereocenters. The number of benzene rings is 1. The molecule has 2 unspecified atom stereocenters. The van der Waals surface area contributed by atoms with E-state index in [0.29, 0.717) is 24.0 Å². The SMILES string of the molecule is CCOc1ccc(C=NNC(=O)c2ccncc2)cc1CN1CC2CC(C1)c1cccc(=O)n1C2. The largest absolute Gasteiger partial charge is 0.494 e. The van der Waals surface area contributed by atoms with Gasteiger partial charge >= 0.3 is 0 Å². The maximum atomic E-state index is 12.3. The first kappa shape index (κ1) is 23.0. The number of hydrazone groups is 1. The predicted octanol–water partition coefficient (Wildman–Crippen LogP) is 3.03. The lowest BCUT2D eigenvalue weighted by molar-refractivity contribution is 0.0955. The number of carbonyl (C=O) groups excluding carboxylic acids is 1. The second kappa shape index (κ2) is 10.2. The second-order valence-electron chi connectivity index (χ2n) is 9.13. The number of carbonyl (C=O) groups is 1. The second-order valence-corrected chi connectivity index (χ2v) is 9.13. The van der Waals surface area contributed by atoms with Gasteiger partial charge in [0.05, 0.1) is 12.8 Å². The van der Waals surface area contributed by atoms with Crippen LogP contribution in [0.3, 0.4) is 0 Å². The Bertz CT molecular complexity index is 1290. The van der Waals surface area contributed by atoms with Crippen LogP contribution in [0, 0.1) is 5.92 Å². The average molecular weight is 472 g/mol. The minimum absolute atomic E-state index is 0.104. The molecule has 35 heavy (non-hydrogen) atoms. The minimum atomic E-state index is -0.283. The van der Waals surface area contributed by atoms with E-state index in [1.54, 1.807) is 36.8 Å². The molecule has 0 radical (unpaired) electrons. The van der Waals surface area contributed by atoms with Crippen LogP contribution in [0.25, 0.3) is 0 Å². The van der Waals surface area contributed by atoms with Crippen molar-refractivity contribution < 1.29 is 9.53 Å². The summed E-state index contributed by atoms with van der Waals surface area (Å²) in [6.07, 6.45) is 5.92. The Morgan fingerprint density at radius 1 is 1.17 bits per heavy atom. The van der Waals surface area contributed by atoms with E-state index in [-0.39, 0.29) is 11.5 Å². The number of aromatic nitrogens is 2. The Morgan fingerprint density at radius 2 is 2.03 bits per heavy atom. The van der Waals surface area contributed by atoms with Crippen LogP contribution < -0.4 is 15.7 Å². The summed E-state index contributed by atoms with van der Waals surface area (Å²) in [5, 5.41) is 4.13. The van der Waals surface area contributed by atoms with Crippen LogP contribution in [-0.4, -0.2) is 46.3 Å². The van der Waals surface area contributed by atoms with Crippen LogP contribution in [0.15, 0.2) is 70.8 Å². The van der Waals surface area contributed by atoms with E-state index in [0.717, 1.165) is 55.2 Å². The Hall–Kier alpha value is -3.78. The number of piperidine rings is 1. The van der Waals surface area contributed by atoms with E-state index in [1.807, 2.05) is 29.7 Å². The number of fused-ring (bicyclic) bond motifs is 4. The zero-order valence-corrected chi connectivity index (χ0v) is 19.8. The average Bonchev–Trinajstić information content (AvgIpc) is 2.87. The van der Waals surface area contributed by atoms with Crippen LogP contribution in [0.1, 0.15) is 46.4 Å². The van der Waals surface area contributed by atoms with E-state index in [2.05, 4.69) is 32.5 Å². The molecular formula is C27H29N5O3. The van der Waals surface area contributed by atoms with Crippen molar-refractivity contribution in [2.45, 2.75) is 32.4 Å². The molecule has 5 rings (SSSR count). The zero-order valence-electron chi connectivity index (χ0n) is 19.8. The Balaban J connectivity index is 1.30. The molecule has 180 valence electrons. The van der Waals surface area contributed by atoms with Crippen molar-refractivity contribution in [3.05, 3.63) is 93.7 Å². The summed E-state index contributed by atoms with van der Waals surface area (Å²) in [6, 6.07) is 14.9. The highest BCUT2D eigenvalue weighted by molar-refractivity contribution is 5.94. The van der Waals surface area contributed by atoms with Crippen molar-refractivity contribution in [1.29, 1.82) is 0 Å². The number of hydrogen-bond donors (Lipinski definition) is 1. The lowest BCUT2D eigenvalue weighted by Crippen LogP contribution is -2.46. The fourth-order valence-corrected chi connectivity index (χ4v) is 5.20. The lowest BCUT2D eigenvalue weighted by atomic mass is 9.83. The van der Waals surface area contributed by atoms with Gasteiger partial charge in [-0.05, 0) is 61.2 Å². The molecule has 2 aliphatic rings. The molecule has 3 aromatic rings. The van der Waals surface area contributed by atoms with Gasteiger partial charge in [-0.25, -0.2) is 5.43 Å². The molecule has 0 saturated carbocycles. The summed E-state index contributed by atoms with van der Waals surface area (Å²) in [4.78, 5) is 30.9. The van der Waals surface area contributed by atoms with Crippen molar-refractivity contribution in [2.75, 3.05) is 19.7 Å². The van der Waals surface area contributed by atoms with Gasteiger partial charge in [0, 0.05) is 67.4 Å². The maximum Gasteiger partial charge on any atom is 0.271 e. The Kier molecular flexibility index (Phi) is 6.72. The van der Waals surface area contributed by atoms with E-state index < -0.39 is 0 Å². The normalized spacial score (nSPS) is 19.3. The molecule has 4 heterocycles. The number of nitrogens with one attached hydrogen (secondary N) is 1. The van der Waals surface area contributed by atoms with E-state index in [1.165, 1.54) is 0 Å². The van der Waals surface area contributed by atoms with Gasteiger partial charge in [0.25, 0.3) is 11.5 Å². The Morgan fingerprint density at radius 3 is 2.86 bits per heavy atom. The zero-order chi connectivity index (χ0) is 24.2. The smallest absolute Gasteiger partial charge is 0.271 e. The first-order chi connectivity index (χ1) is 17.1. The topological polar surface area (TPSA) is 88.8 Å². The molecule has 2 aromatic heterocycles. The summed E-state index contributed by atoms with van der Waals surface area (Å²) in [5.41, 5.74) is 6.28. The van der Waals surface area contributed by atoms with E-state index in [4.69, 9.17) is 4.74 Å². The van der Waals surface area contributed by atoms with E-state index >= 15 is 0 Å². The van der Waals surface area contributed by atoms with Crippen molar-refractivity contribution in [3.63, 3.8) is 0 Å². The number of ether oxygens (including phenoxy) is 1. The van der Waals surface area contributed by atoms with Crippen molar-refractivity contribution in [2.24, 2.45) is 11.0 Å². The van der Waals surface area contributed by atoms with Crippen molar-refractivity contribution in [3.8, 4) is 5.75 Å². The number of pyridine rings is 2. The fraction of sp³-hybridized carbons (Fsp3) is 0.333. The lowest BCUT2D eigenvalue weighted by Gasteiger charge is -2.43. The Labute approximate surface area is 204 Å². The molecule has 1 amide bonds. The monoisotopic (exact) mass is 471 g/mol. The minimum Gasteiger partial charge on any atom is -0.494 e. The van der Waals surface area contributed by atoms with Gasteiger partial charge in [-0.3, -0.25) is 19.5 Å². The van der Waals surface area contributed by atoms with Crippen molar-refractivity contribution in [1.82, 2.24) is 19.9 Å². The summed E-state index contributed by atoms with van der Waals surface area (Å²) in [5.74, 6) is 1.40. The molecule has 0 spiro atoms. The van der Waals surface area contributed by atoms with Gasteiger partial charge in [-0.15, -0.1) is 0 Å². The first-order valence-corrected chi connectivity index (χ1v) is 12.0. The molecule has 2 aliphatic heterocycles. The molecule has 8 heteroatoms. The summed E-state index contributed by atoms with van der Waals surface area (Å²) >= 11 is 0. The molecule has 1 saturated heterocycles. The molecule has 1 fully saturated rings. The molecule has 1 aromatic carbocycles. The number of amides is 1. The summed E-state index contributed by atoms with van der Waals surface area (Å²) in [6.45, 7) is 5.96. The van der Waals surface area contributed by atoms with Gasteiger partial charge in [-0.1, -0.05) is 6.07 Å². The number of hydrogen-bond acceptors (Lipinski definition) is 6. The third-order valence-electron chi connectivity index (χ3n) is 6.66. The van der Waals surface area contributed by atoms with Crippen molar-refractivity contribution >= 4 is 12.1 Å². The van der Waals surface area contributed by atoms with Gasteiger partial charge in [-0.2, -0.15) is 5.10 Å². The van der Waals surface area contributed by atoms with Crippen LogP contribution in [-0.2, 0) is 13.1 Å². The van der Waals surface area contributed by atoms with Gasteiger partial charge in [0.15, 0.2) is 0 Å². The highest BCUT2D eigenvalue weighted by Crippen LogP contribution is 2.36. The maximum absolute atomic E-state index is 12.3. The van der Waals surface area contributed by atoms with Crippen LogP contribution in [0.4, 0.5) is 0 Å². The molecule has 2 bridgehead atoms. The third-order valence-corrected chi connectivity index (χ3v) is 6.66. The van der Waals surface area contributed by atoms with E-state index in [9.17, 15) is 9.59 Å². The first-order valence-electron chi connectivity index (χ1n) is 12.0. The summed E-state index contributed by atoms with van der Waals surface area (Å²) in [7, 11) is 0. The molecular weight excluding hydrogens is 442 g/mol. The summed E-state index contributed by atoms with van der Waals surface area (Å²) < 4.78 is 7.87. The fourth-order valence-electron chi connectivity index (χ4n) is 5.20. The van der Waals surface area contributed by atoms with Crippen LogP contribution in [0.2, 0.25) is 0 Å². The van der Waals surface area contributed by atoms with Gasteiger partial charge in [0.2, 0.25) is 0 Å². The highest BCUT2D eigenvalue weighted by atomic mass is 16.5. The predicted molar refractivity (Wildman–Crippen MR) is 134 cm³/mol. The standard InChI is InChI=1S/C27H29N5O3/c1-2-35-25-7-6-19(14-29-30-27(34)21-8-10-28-11-9-21)12-23(25)18-31-15-20-13-22(17-31)24-4-3-5-26(33)32(24)16-20/h3-12,14,20,22H,2,13,15-18H2,1H3,(H,30,34). The number of rotatable bonds is 7. The number of nitrogens with zero attached hydrogens (tertiary/aromatic N) is 4. The molecule has 0 aliphatic carbocycles. The van der Waals surface area contributed by atoms with Gasteiger partial charge in [0.1, 0.15) is 5.75 Å². The van der Waals surface area contributed by atoms with Crippen LogP contribution >= 0.6 is 0 Å². The highest BCUT2D eigenvalue weighted by Gasteiger charge is 2.34. The molecule has 1 N–H and O–H groups in total. The van der Waals surface area contributed by atoms with Crippen LogP contribution in [0.5, 0.6) is 5.75 Å². The third kappa shape index (κ3) is 5.17. The number of likely N-dealkylation sites (tertiary alicyclic amines) is 1.